The minimum atomic E-state index is 0.672. The number of hydrogen-bond donors (Lipinski definition) is 1. The van der Waals surface area contributed by atoms with Crippen LogP contribution in [0.1, 0.15) is 18.2 Å². The van der Waals surface area contributed by atoms with E-state index < -0.39 is 0 Å². The van der Waals surface area contributed by atoms with Crippen molar-refractivity contribution in [2.45, 2.75) is 18.4 Å². The molecule has 6 heteroatoms. The van der Waals surface area contributed by atoms with E-state index in [1.165, 1.54) is 5.56 Å². The van der Waals surface area contributed by atoms with E-state index in [1.807, 2.05) is 30.0 Å². The van der Waals surface area contributed by atoms with Gasteiger partial charge in [-0.2, -0.15) is 11.8 Å². The number of nitrogens with zero attached hydrogens (tertiary/aromatic N) is 2. The fraction of sp³-hybridized carbons (Fsp3) is 0.286. The summed E-state index contributed by atoms with van der Waals surface area (Å²) in [7, 11) is 0. The third-order valence-corrected chi connectivity index (χ3v) is 5.30. The Balaban J connectivity index is 2.09. The lowest BCUT2D eigenvalue weighted by atomic mass is 10.2. The Kier molecular flexibility index (Phi) is 4.19. The Morgan fingerprint density at radius 1 is 1.35 bits per heavy atom. The van der Waals surface area contributed by atoms with Gasteiger partial charge in [0.15, 0.2) is 5.82 Å². The number of aromatic nitrogens is 2. The second kappa shape index (κ2) is 5.92. The molecule has 0 bridgehead atoms. The number of halogens is 2. The lowest BCUT2D eigenvalue weighted by Gasteiger charge is -2.11. The monoisotopic (exact) mass is 369 g/mol. The molecule has 20 heavy (non-hydrogen) atoms. The highest BCUT2D eigenvalue weighted by molar-refractivity contribution is 9.10. The van der Waals surface area contributed by atoms with Gasteiger partial charge in [0.1, 0.15) is 5.82 Å². The molecule has 0 saturated heterocycles. The van der Waals surface area contributed by atoms with Crippen molar-refractivity contribution < 1.29 is 0 Å². The van der Waals surface area contributed by atoms with Gasteiger partial charge in [-0.3, -0.25) is 0 Å². The lowest BCUT2D eigenvalue weighted by molar-refractivity contribution is 1.05. The molecule has 104 valence electrons. The van der Waals surface area contributed by atoms with E-state index in [9.17, 15) is 0 Å². The van der Waals surface area contributed by atoms with Crippen LogP contribution in [0, 0.1) is 0 Å². The molecule has 1 aliphatic rings. The maximum atomic E-state index is 6.16. The molecular formula is C14H13BrClN3S. The van der Waals surface area contributed by atoms with Crippen molar-refractivity contribution in [2.75, 3.05) is 11.9 Å². The van der Waals surface area contributed by atoms with E-state index in [0.717, 1.165) is 45.4 Å². The minimum absolute atomic E-state index is 0.672. The maximum absolute atomic E-state index is 6.16. The molecule has 1 aromatic heterocycles. The van der Waals surface area contributed by atoms with Crippen LogP contribution in [0.2, 0.25) is 5.02 Å². The summed E-state index contributed by atoms with van der Waals surface area (Å²) in [6.45, 7) is 2.93. The fourth-order valence-corrected chi connectivity index (χ4v) is 3.60. The average molecular weight is 371 g/mol. The molecule has 0 saturated carbocycles. The van der Waals surface area contributed by atoms with E-state index in [-0.39, 0.29) is 0 Å². The molecule has 0 unspecified atom stereocenters. The molecule has 1 aliphatic heterocycles. The molecule has 0 radical (unpaired) electrons. The number of rotatable bonds is 3. The first-order valence-corrected chi connectivity index (χ1v) is 8.68. The number of fused-ring (bicyclic) bond motifs is 1. The van der Waals surface area contributed by atoms with Crippen molar-refractivity contribution in [3.8, 4) is 11.4 Å². The summed E-state index contributed by atoms with van der Waals surface area (Å²) in [5.74, 6) is 3.63. The average Bonchev–Trinajstić information content (AvgIpc) is 2.90. The molecule has 2 heterocycles. The Labute approximate surface area is 135 Å². The van der Waals surface area contributed by atoms with Gasteiger partial charge in [0.05, 0.1) is 10.7 Å². The van der Waals surface area contributed by atoms with Crippen molar-refractivity contribution in [3.63, 3.8) is 0 Å². The van der Waals surface area contributed by atoms with E-state index in [4.69, 9.17) is 16.6 Å². The SMILES string of the molecule is CCNc1nc(-c2ccc(Br)c(Cl)c2)nc2c1CSC2. The summed E-state index contributed by atoms with van der Waals surface area (Å²) < 4.78 is 0.881. The quantitative estimate of drug-likeness (QED) is 0.847. The molecule has 0 spiro atoms. The zero-order chi connectivity index (χ0) is 14.1. The van der Waals surface area contributed by atoms with Gasteiger partial charge in [0.25, 0.3) is 0 Å². The summed E-state index contributed by atoms with van der Waals surface area (Å²) in [6.07, 6.45) is 0. The van der Waals surface area contributed by atoms with Crippen molar-refractivity contribution in [1.29, 1.82) is 0 Å². The lowest BCUT2D eigenvalue weighted by Crippen LogP contribution is -2.06. The van der Waals surface area contributed by atoms with Crippen molar-refractivity contribution >= 4 is 45.1 Å². The van der Waals surface area contributed by atoms with Crippen LogP contribution in [0.4, 0.5) is 5.82 Å². The zero-order valence-corrected chi connectivity index (χ0v) is 14.1. The van der Waals surface area contributed by atoms with Crippen LogP contribution in [0.15, 0.2) is 22.7 Å². The molecule has 3 nitrogen and oxygen atoms in total. The van der Waals surface area contributed by atoms with Gasteiger partial charge >= 0.3 is 0 Å². The predicted molar refractivity (Wildman–Crippen MR) is 89.3 cm³/mol. The molecule has 2 aromatic rings. The van der Waals surface area contributed by atoms with Gasteiger partial charge in [-0.1, -0.05) is 11.6 Å². The minimum Gasteiger partial charge on any atom is -0.370 e. The molecule has 1 N–H and O–H groups in total. The smallest absolute Gasteiger partial charge is 0.161 e. The standard InChI is InChI=1S/C14H13BrClN3S/c1-2-17-14-9-6-20-7-12(9)18-13(19-14)8-3-4-10(15)11(16)5-8/h3-5H,2,6-7H2,1H3,(H,17,18,19). The van der Waals surface area contributed by atoms with Crippen LogP contribution in [-0.2, 0) is 11.5 Å². The van der Waals surface area contributed by atoms with Crippen LogP contribution >= 0.6 is 39.3 Å². The van der Waals surface area contributed by atoms with Gasteiger partial charge in [0, 0.05) is 33.7 Å². The fourth-order valence-electron chi connectivity index (χ4n) is 2.13. The third-order valence-electron chi connectivity index (χ3n) is 3.10. The maximum Gasteiger partial charge on any atom is 0.161 e. The normalized spacial score (nSPS) is 13.3. The van der Waals surface area contributed by atoms with Crippen LogP contribution in [0.5, 0.6) is 0 Å². The highest BCUT2D eigenvalue weighted by Gasteiger charge is 2.20. The van der Waals surface area contributed by atoms with Crippen molar-refractivity contribution in [2.24, 2.45) is 0 Å². The zero-order valence-electron chi connectivity index (χ0n) is 10.9. The van der Waals surface area contributed by atoms with Crippen LogP contribution in [0.3, 0.4) is 0 Å². The summed E-state index contributed by atoms with van der Waals surface area (Å²) in [5.41, 5.74) is 3.32. The number of nitrogens with one attached hydrogen (secondary N) is 1. The van der Waals surface area contributed by atoms with E-state index in [1.54, 1.807) is 0 Å². The van der Waals surface area contributed by atoms with E-state index >= 15 is 0 Å². The van der Waals surface area contributed by atoms with Gasteiger partial charge in [0.2, 0.25) is 0 Å². The molecule has 0 fully saturated rings. The van der Waals surface area contributed by atoms with Gasteiger partial charge < -0.3 is 5.32 Å². The second-order valence-corrected chi connectivity index (χ2v) is 6.72. The van der Waals surface area contributed by atoms with E-state index in [2.05, 4.69) is 33.2 Å². The Morgan fingerprint density at radius 3 is 2.95 bits per heavy atom. The first kappa shape index (κ1) is 14.2. The number of anilines is 1. The van der Waals surface area contributed by atoms with Crippen molar-refractivity contribution in [3.05, 3.63) is 39.0 Å². The van der Waals surface area contributed by atoms with Gasteiger partial charge in [-0.05, 0) is 41.1 Å². The second-order valence-electron chi connectivity index (χ2n) is 4.47. The molecule has 0 amide bonds. The van der Waals surface area contributed by atoms with Crippen LogP contribution < -0.4 is 5.32 Å². The van der Waals surface area contributed by atoms with Gasteiger partial charge in [-0.15, -0.1) is 0 Å². The summed E-state index contributed by atoms with van der Waals surface area (Å²) >= 11 is 11.4. The van der Waals surface area contributed by atoms with E-state index in [0.29, 0.717) is 5.02 Å². The molecule has 1 aromatic carbocycles. The van der Waals surface area contributed by atoms with Gasteiger partial charge in [-0.25, -0.2) is 9.97 Å². The summed E-state index contributed by atoms with van der Waals surface area (Å²) in [4.78, 5) is 9.36. The Bertz CT molecular complexity index is 663. The largest absolute Gasteiger partial charge is 0.370 e. The topological polar surface area (TPSA) is 37.8 Å². The van der Waals surface area contributed by atoms with Crippen molar-refractivity contribution in [1.82, 2.24) is 9.97 Å². The molecule has 0 atom stereocenters. The summed E-state index contributed by atoms with van der Waals surface area (Å²) in [5, 5.41) is 4.01. The number of benzene rings is 1. The highest BCUT2D eigenvalue weighted by atomic mass is 79.9. The molecule has 0 aliphatic carbocycles. The Morgan fingerprint density at radius 2 is 2.20 bits per heavy atom. The predicted octanol–water partition coefficient (Wildman–Crippen LogP) is 4.74. The highest BCUT2D eigenvalue weighted by Crippen LogP contribution is 2.35. The molecule has 3 rings (SSSR count). The number of hydrogen-bond acceptors (Lipinski definition) is 4. The molecular weight excluding hydrogens is 358 g/mol. The van der Waals surface area contributed by atoms with Crippen LogP contribution in [-0.4, -0.2) is 16.5 Å². The third kappa shape index (κ3) is 2.67. The first-order valence-electron chi connectivity index (χ1n) is 6.36. The first-order chi connectivity index (χ1) is 9.69. The number of thioether (sulfide) groups is 1. The van der Waals surface area contributed by atoms with Crippen LogP contribution in [0.25, 0.3) is 11.4 Å². The Hall–Kier alpha value is -0.780. The summed E-state index contributed by atoms with van der Waals surface area (Å²) in [6, 6.07) is 5.80.